The molecule has 0 aromatic heterocycles. The molecule has 4 amide bonds. The number of benzene rings is 5. The number of carbonyl (C=O) groups is 6. The van der Waals surface area contributed by atoms with Gasteiger partial charge in [-0.25, -0.2) is 14.4 Å². The molecule has 23 heteroatoms. The van der Waals surface area contributed by atoms with Crippen molar-refractivity contribution in [3.8, 4) is 0 Å². The molecule has 0 bridgehead atoms. The van der Waals surface area contributed by atoms with Crippen LogP contribution in [0.1, 0.15) is 114 Å². The quantitative estimate of drug-likeness (QED) is 0.0221. The van der Waals surface area contributed by atoms with Crippen LogP contribution in [-0.2, 0) is 48.6 Å². The summed E-state index contributed by atoms with van der Waals surface area (Å²) >= 11 is 0. The number of esters is 1. The highest BCUT2D eigenvalue weighted by atomic mass is 32.2. The Bertz CT molecular complexity index is 3280. The van der Waals surface area contributed by atoms with E-state index in [0.717, 1.165) is 29.2 Å². The van der Waals surface area contributed by atoms with Crippen molar-refractivity contribution in [3.05, 3.63) is 172 Å². The second-order valence-corrected chi connectivity index (χ2v) is 19.2. The molecular formula is C50H48N6O16S. The zero-order valence-electron chi connectivity index (χ0n) is 40.2. The third-order valence-electron chi connectivity index (χ3n) is 12.7. The van der Waals surface area contributed by atoms with Crippen molar-refractivity contribution < 1.29 is 65.8 Å². The zero-order chi connectivity index (χ0) is 53.3. The summed E-state index contributed by atoms with van der Waals surface area (Å²) in [6, 6.07) is 21.7. The van der Waals surface area contributed by atoms with Gasteiger partial charge in [-0.2, -0.15) is 8.42 Å². The van der Waals surface area contributed by atoms with E-state index in [9.17, 15) is 57.4 Å². The van der Waals surface area contributed by atoms with Gasteiger partial charge in [0.05, 0.1) is 32.3 Å². The maximum Gasteiger partial charge on any atom is 0.414 e. The number of hydrogen-bond acceptors (Lipinski definition) is 15. The summed E-state index contributed by atoms with van der Waals surface area (Å²) < 4.78 is 48.8. The lowest BCUT2D eigenvalue weighted by Gasteiger charge is -2.45. The fourth-order valence-electron chi connectivity index (χ4n) is 8.88. The minimum atomic E-state index is -4.39. The van der Waals surface area contributed by atoms with E-state index in [1.807, 2.05) is 20.8 Å². The number of hydrogen-bond donors (Lipinski definition) is 3. The first-order chi connectivity index (χ1) is 34.4. The number of nitrogens with one attached hydrogen (secondary N) is 2. The molecule has 0 saturated carbocycles. The van der Waals surface area contributed by atoms with Gasteiger partial charge in [0.25, 0.3) is 33.3 Å². The van der Waals surface area contributed by atoms with E-state index in [4.69, 9.17) is 18.8 Å². The minimum Gasteiger partial charge on any atom is -0.444 e. The van der Waals surface area contributed by atoms with Gasteiger partial charge >= 0.3 is 18.2 Å². The van der Waals surface area contributed by atoms with Gasteiger partial charge in [0, 0.05) is 89.5 Å². The van der Waals surface area contributed by atoms with Gasteiger partial charge in [-0.05, 0) is 73.0 Å². The molecule has 5 aromatic carbocycles. The highest BCUT2D eigenvalue weighted by Gasteiger charge is 2.56. The molecule has 380 valence electrons. The average Bonchev–Trinajstić information content (AvgIpc) is 3.66. The minimum absolute atomic E-state index is 0.0224. The lowest BCUT2D eigenvalue weighted by molar-refractivity contribution is -0.386. The van der Waals surface area contributed by atoms with Crippen LogP contribution in [0.15, 0.2) is 91.0 Å². The van der Waals surface area contributed by atoms with Gasteiger partial charge in [0.1, 0.15) is 13.2 Å². The number of fused-ring (bicyclic) bond motifs is 6. The molecule has 1 aliphatic heterocycles. The fraction of sp³-hybridized carbons (Fsp3) is 0.280. The van der Waals surface area contributed by atoms with Crippen LogP contribution in [0.3, 0.4) is 0 Å². The first-order valence-electron chi connectivity index (χ1n) is 22.5. The Morgan fingerprint density at radius 1 is 0.699 bits per heavy atom. The van der Waals surface area contributed by atoms with Crippen LogP contribution in [0.25, 0.3) is 0 Å². The Morgan fingerprint density at radius 2 is 1.18 bits per heavy atom. The Hall–Kier alpha value is -8.57. The number of amides is 4. The van der Waals surface area contributed by atoms with E-state index in [1.54, 1.807) is 48.5 Å². The van der Waals surface area contributed by atoms with Gasteiger partial charge in [-0.1, -0.05) is 51.1 Å². The van der Waals surface area contributed by atoms with E-state index in [-0.39, 0.29) is 56.2 Å². The predicted octanol–water partition coefficient (Wildman–Crippen LogP) is 7.11. The molecule has 2 aliphatic rings. The molecule has 1 atom stereocenters. The highest BCUT2D eigenvalue weighted by Crippen LogP contribution is 2.58. The number of ketones is 1. The fourth-order valence-corrected chi connectivity index (χ4v) is 9.24. The van der Waals surface area contributed by atoms with Crippen molar-refractivity contribution in [2.24, 2.45) is 0 Å². The number of nitro benzene ring substituents is 2. The number of anilines is 2. The molecule has 5 aromatic rings. The summed E-state index contributed by atoms with van der Waals surface area (Å²) in [5.41, 5.74) is -0.672. The molecule has 1 aliphatic carbocycles. The smallest absolute Gasteiger partial charge is 0.414 e. The molecule has 0 saturated heterocycles. The molecule has 22 nitrogen and oxygen atoms in total. The molecule has 0 fully saturated rings. The molecular weight excluding hydrogens is 973 g/mol. The van der Waals surface area contributed by atoms with Crippen molar-refractivity contribution in [2.45, 2.75) is 58.3 Å². The number of nitrogens with zero attached hydrogens (tertiary/aromatic N) is 4. The van der Waals surface area contributed by atoms with Crippen molar-refractivity contribution >= 4 is 68.6 Å². The molecule has 7 rings (SSSR count). The second-order valence-electron chi connectivity index (χ2n) is 17.7. The number of ether oxygens (including phenoxy) is 3. The van der Waals surface area contributed by atoms with Crippen LogP contribution in [0.4, 0.5) is 32.3 Å². The first kappa shape index (κ1) is 52.3. The van der Waals surface area contributed by atoms with Crippen LogP contribution in [0, 0.1) is 20.2 Å². The SMILES string of the molecule is CCCNC(=O)c1ccc([N+](=O)[O-])c(COC(=O)N(C)c2ccc3c(c2)C(C)(C)c2cc(N(C)C(=O)OCc4cc(C(=O)NCCS(=O)(=O)O)ccc4[N+](=O)[O-])ccc2C32OC(=O)c3c(C(C)=O)cccc32)c1. The lowest BCUT2D eigenvalue weighted by atomic mass is 9.61. The van der Waals surface area contributed by atoms with E-state index in [2.05, 4.69) is 10.6 Å². The Morgan fingerprint density at radius 3 is 1.62 bits per heavy atom. The lowest BCUT2D eigenvalue weighted by Crippen LogP contribution is -2.42. The van der Waals surface area contributed by atoms with Crippen LogP contribution in [0.5, 0.6) is 0 Å². The number of carbonyl (C=O) groups excluding carboxylic acids is 6. The summed E-state index contributed by atoms with van der Waals surface area (Å²) in [6.07, 6.45) is -1.24. The normalized spacial score (nSPS) is 14.9. The summed E-state index contributed by atoms with van der Waals surface area (Å²) in [5, 5.41) is 28.9. The van der Waals surface area contributed by atoms with Crippen LogP contribution < -0.4 is 20.4 Å². The van der Waals surface area contributed by atoms with E-state index < -0.39 is 92.1 Å². The van der Waals surface area contributed by atoms with Crippen LogP contribution in [-0.4, -0.2) is 91.5 Å². The van der Waals surface area contributed by atoms with E-state index in [1.165, 1.54) is 44.1 Å². The van der Waals surface area contributed by atoms with E-state index in [0.29, 0.717) is 40.8 Å². The van der Waals surface area contributed by atoms with Gasteiger partial charge in [-0.15, -0.1) is 0 Å². The number of Topliss-reactive ketones (excluding diaryl/α,β-unsaturated/α-hetero) is 1. The average molecular weight is 1020 g/mol. The van der Waals surface area contributed by atoms with Gasteiger partial charge in [0.2, 0.25) is 0 Å². The van der Waals surface area contributed by atoms with Crippen LogP contribution in [0.2, 0.25) is 0 Å². The maximum atomic E-state index is 14.1. The summed E-state index contributed by atoms with van der Waals surface area (Å²) in [6.45, 7) is 5.60. The molecule has 1 unspecified atom stereocenters. The molecule has 0 radical (unpaired) electrons. The van der Waals surface area contributed by atoms with Crippen LogP contribution >= 0.6 is 0 Å². The van der Waals surface area contributed by atoms with Crippen molar-refractivity contribution in [3.63, 3.8) is 0 Å². The van der Waals surface area contributed by atoms with Crippen molar-refractivity contribution in [1.82, 2.24) is 10.6 Å². The third-order valence-corrected chi connectivity index (χ3v) is 13.4. The molecule has 1 heterocycles. The van der Waals surface area contributed by atoms with Crippen molar-refractivity contribution in [1.29, 1.82) is 0 Å². The Balaban J connectivity index is 1.23. The molecule has 3 N–H and O–H groups in total. The molecule has 1 spiro atoms. The van der Waals surface area contributed by atoms with Crippen molar-refractivity contribution in [2.75, 3.05) is 42.7 Å². The highest BCUT2D eigenvalue weighted by molar-refractivity contribution is 7.85. The van der Waals surface area contributed by atoms with Gasteiger partial charge < -0.3 is 24.8 Å². The zero-order valence-corrected chi connectivity index (χ0v) is 41.0. The molecule has 73 heavy (non-hydrogen) atoms. The third kappa shape index (κ3) is 10.2. The monoisotopic (exact) mass is 1020 g/mol. The largest absolute Gasteiger partial charge is 0.444 e. The number of nitro groups is 2. The van der Waals surface area contributed by atoms with Gasteiger partial charge in [-0.3, -0.25) is 49.0 Å². The Kier molecular flexibility index (Phi) is 14.5. The standard InChI is InChI=1S/C50H48N6O16S/c1-7-19-51-44(58)29-11-17-41(55(63)64)31(22-29)26-70-47(61)53(5)33-13-15-36-39(24-33)49(3,4)40-25-34(14-16-37(40)50(36)38-10-8-9-35(28(2)57)43(38)46(60)72-50)54(6)48(62)71-27-32-23-30(12-18-42(32)56(65)66)45(59)52-20-21-73(67,68)69/h8-18,22-25H,7,19-21,26-27H2,1-6H3,(H,51,58)(H,52,59)(H,67,68,69). The summed E-state index contributed by atoms with van der Waals surface area (Å²) in [7, 11) is -1.59. The predicted molar refractivity (Wildman–Crippen MR) is 261 cm³/mol. The summed E-state index contributed by atoms with van der Waals surface area (Å²) in [4.78, 5) is 105. The summed E-state index contributed by atoms with van der Waals surface area (Å²) in [5.74, 6) is -3.21. The van der Waals surface area contributed by atoms with Gasteiger partial charge in [0.15, 0.2) is 11.4 Å². The van der Waals surface area contributed by atoms with E-state index >= 15 is 0 Å². The number of rotatable bonds is 16. The first-order valence-corrected chi connectivity index (χ1v) is 24.1. The Labute approximate surface area is 417 Å². The maximum absolute atomic E-state index is 14.1. The second kappa shape index (κ2) is 20.3. The topological polar surface area (TPSA) is 301 Å².